The fraction of sp³-hybridized carbons (Fsp3) is 0.290. The lowest BCUT2D eigenvalue weighted by Gasteiger charge is -2.24. The van der Waals surface area contributed by atoms with E-state index in [0.717, 1.165) is 38.0 Å². The van der Waals surface area contributed by atoms with Crippen LogP contribution in [0.5, 0.6) is 5.75 Å². The van der Waals surface area contributed by atoms with Gasteiger partial charge in [0, 0.05) is 16.3 Å². The number of thiazole rings is 1. The molecule has 210 valence electrons. The molecule has 1 aromatic carbocycles. The highest BCUT2D eigenvalue weighted by Gasteiger charge is 2.33. The van der Waals surface area contributed by atoms with Crippen LogP contribution >= 0.6 is 22.7 Å². The molecule has 1 aliphatic heterocycles. The van der Waals surface area contributed by atoms with Gasteiger partial charge in [0.05, 0.1) is 41.1 Å². The number of hydrogen-bond acceptors (Lipinski definition) is 8. The van der Waals surface area contributed by atoms with E-state index in [9.17, 15) is 14.9 Å². The lowest BCUT2D eigenvalue weighted by atomic mass is 9.96. The number of carbonyl (C=O) groups excluding carboxylic acids is 1. The van der Waals surface area contributed by atoms with E-state index in [0.29, 0.717) is 31.9 Å². The summed E-state index contributed by atoms with van der Waals surface area (Å²) in [4.78, 5) is 33.4. The van der Waals surface area contributed by atoms with Gasteiger partial charge in [0.2, 0.25) is 0 Å². The van der Waals surface area contributed by atoms with Crippen molar-refractivity contribution < 1.29 is 14.3 Å². The number of nitriles is 1. The molecular formula is C31H30N4O4S2. The van der Waals surface area contributed by atoms with Crippen molar-refractivity contribution >= 4 is 34.7 Å². The van der Waals surface area contributed by atoms with Crippen LogP contribution in [-0.4, -0.2) is 28.8 Å². The molecule has 4 heterocycles. The zero-order chi connectivity index (χ0) is 29.6. The number of rotatable bonds is 6. The molecule has 0 amide bonds. The number of methoxy groups -OCH3 is 1. The van der Waals surface area contributed by atoms with Crippen LogP contribution < -0.4 is 19.6 Å². The number of aryl methyl sites for hydroxylation is 2. The SMILES string of the molecule is CCOC(=O)C1=C(C)N=c2s/c(=C/c3cc(C)n(-c4sc(C)c(C)c4C#N)c3C)c(=O)n2[C@H]1c1ccc(OC)cc1. The zero-order valence-corrected chi connectivity index (χ0v) is 25.6. The fourth-order valence-electron chi connectivity index (χ4n) is 5.18. The highest BCUT2D eigenvalue weighted by atomic mass is 32.1. The van der Waals surface area contributed by atoms with Crippen molar-refractivity contribution in [3.8, 4) is 16.8 Å². The number of ether oxygens (including phenoxy) is 2. The summed E-state index contributed by atoms with van der Waals surface area (Å²) in [6.45, 7) is 11.7. The van der Waals surface area contributed by atoms with Crippen LogP contribution in [0.15, 0.2) is 51.4 Å². The highest BCUT2D eigenvalue weighted by Crippen LogP contribution is 2.34. The van der Waals surface area contributed by atoms with Gasteiger partial charge in [-0.2, -0.15) is 5.26 Å². The maximum absolute atomic E-state index is 14.0. The van der Waals surface area contributed by atoms with Gasteiger partial charge in [0.1, 0.15) is 16.8 Å². The molecule has 3 aromatic heterocycles. The molecular weight excluding hydrogens is 556 g/mol. The van der Waals surface area contributed by atoms with Crippen molar-refractivity contribution in [1.82, 2.24) is 9.13 Å². The Morgan fingerprint density at radius 2 is 1.85 bits per heavy atom. The number of nitrogens with zero attached hydrogens (tertiary/aromatic N) is 4. The second-order valence-electron chi connectivity index (χ2n) is 9.81. The van der Waals surface area contributed by atoms with Gasteiger partial charge in [-0.25, -0.2) is 9.79 Å². The molecule has 1 atom stereocenters. The van der Waals surface area contributed by atoms with Crippen LogP contribution in [0.1, 0.15) is 58.4 Å². The monoisotopic (exact) mass is 586 g/mol. The maximum atomic E-state index is 14.0. The third-order valence-corrected chi connectivity index (χ3v) is 9.56. The number of carbonyl (C=O) groups is 1. The van der Waals surface area contributed by atoms with Gasteiger partial charge in [0.15, 0.2) is 4.80 Å². The summed E-state index contributed by atoms with van der Waals surface area (Å²) in [6, 6.07) is 11.0. The lowest BCUT2D eigenvalue weighted by Crippen LogP contribution is -2.39. The topological polar surface area (TPSA) is 98.6 Å². The number of hydrogen-bond donors (Lipinski definition) is 0. The van der Waals surface area contributed by atoms with E-state index in [1.807, 2.05) is 64.1 Å². The lowest BCUT2D eigenvalue weighted by molar-refractivity contribution is -0.139. The van der Waals surface area contributed by atoms with E-state index in [4.69, 9.17) is 9.47 Å². The molecule has 0 saturated carbocycles. The molecule has 10 heteroatoms. The van der Waals surface area contributed by atoms with Crippen LogP contribution in [0.25, 0.3) is 11.1 Å². The number of benzene rings is 1. The third kappa shape index (κ3) is 4.75. The molecule has 0 bridgehead atoms. The first-order chi connectivity index (χ1) is 19.6. The van der Waals surface area contributed by atoms with E-state index < -0.39 is 12.0 Å². The molecule has 0 spiro atoms. The van der Waals surface area contributed by atoms with Crippen molar-refractivity contribution in [1.29, 1.82) is 5.26 Å². The normalized spacial score (nSPS) is 15.0. The van der Waals surface area contributed by atoms with E-state index >= 15 is 0 Å². The second kappa shape index (κ2) is 11.0. The highest BCUT2D eigenvalue weighted by molar-refractivity contribution is 7.15. The average molecular weight is 587 g/mol. The Balaban J connectivity index is 1.70. The summed E-state index contributed by atoms with van der Waals surface area (Å²) in [6.07, 6.45) is 1.87. The summed E-state index contributed by atoms with van der Waals surface area (Å²) in [5.41, 5.74) is 5.79. The molecule has 0 aliphatic carbocycles. The molecule has 41 heavy (non-hydrogen) atoms. The van der Waals surface area contributed by atoms with Crippen molar-refractivity contribution in [3.63, 3.8) is 0 Å². The average Bonchev–Trinajstić information content (AvgIpc) is 3.52. The minimum absolute atomic E-state index is 0.210. The number of allylic oxidation sites excluding steroid dienone is 1. The maximum Gasteiger partial charge on any atom is 0.338 e. The fourth-order valence-corrected chi connectivity index (χ4v) is 7.43. The number of thiophene rings is 1. The molecule has 0 saturated heterocycles. The summed E-state index contributed by atoms with van der Waals surface area (Å²) in [7, 11) is 1.59. The van der Waals surface area contributed by atoms with E-state index in [2.05, 4.69) is 15.6 Å². The van der Waals surface area contributed by atoms with Crippen molar-refractivity contribution in [2.45, 2.75) is 47.6 Å². The number of fused-ring (bicyclic) bond motifs is 1. The van der Waals surface area contributed by atoms with Crippen LogP contribution in [0, 0.1) is 39.0 Å². The van der Waals surface area contributed by atoms with Gasteiger partial charge in [-0.3, -0.25) is 9.36 Å². The molecule has 4 aromatic rings. The minimum Gasteiger partial charge on any atom is -0.497 e. The van der Waals surface area contributed by atoms with Crippen molar-refractivity contribution in [2.24, 2.45) is 4.99 Å². The summed E-state index contributed by atoms with van der Waals surface area (Å²) in [5, 5.41) is 10.7. The van der Waals surface area contributed by atoms with E-state index in [1.54, 1.807) is 36.9 Å². The van der Waals surface area contributed by atoms with Crippen LogP contribution in [0.2, 0.25) is 0 Å². The molecule has 5 rings (SSSR count). The van der Waals surface area contributed by atoms with Crippen LogP contribution in [-0.2, 0) is 9.53 Å². The van der Waals surface area contributed by atoms with E-state index in [-0.39, 0.29) is 12.2 Å². The molecule has 0 N–H and O–H groups in total. The van der Waals surface area contributed by atoms with Gasteiger partial charge in [0.25, 0.3) is 5.56 Å². The second-order valence-corrected chi connectivity index (χ2v) is 12.0. The molecule has 8 nitrogen and oxygen atoms in total. The quantitative estimate of drug-likeness (QED) is 0.303. The van der Waals surface area contributed by atoms with Gasteiger partial charge in [-0.15, -0.1) is 11.3 Å². The van der Waals surface area contributed by atoms with Gasteiger partial charge >= 0.3 is 5.97 Å². The first kappa shape index (κ1) is 28.3. The summed E-state index contributed by atoms with van der Waals surface area (Å²) in [5.74, 6) is 0.174. The first-order valence-corrected chi connectivity index (χ1v) is 14.8. The molecule has 0 radical (unpaired) electrons. The molecule has 0 fully saturated rings. The zero-order valence-electron chi connectivity index (χ0n) is 24.0. The molecule has 0 unspecified atom stereocenters. The predicted molar refractivity (Wildman–Crippen MR) is 161 cm³/mol. The van der Waals surface area contributed by atoms with Crippen molar-refractivity contribution in [3.05, 3.63) is 99.8 Å². The van der Waals surface area contributed by atoms with Gasteiger partial charge in [-0.05, 0) is 82.5 Å². The Morgan fingerprint density at radius 1 is 1.15 bits per heavy atom. The van der Waals surface area contributed by atoms with Gasteiger partial charge in [-0.1, -0.05) is 23.5 Å². The predicted octanol–water partition coefficient (Wildman–Crippen LogP) is 4.76. The van der Waals surface area contributed by atoms with Crippen LogP contribution in [0.4, 0.5) is 0 Å². The Labute approximate surface area is 245 Å². The Morgan fingerprint density at radius 3 is 2.49 bits per heavy atom. The number of aromatic nitrogens is 2. The summed E-state index contributed by atoms with van der Waals surface area (Å²) < 4.78 is 14.9. The van der Waals surface area contributed by atoms with Crippen molar-refractivity contribution in [2.75, 3.05) is 13.7 Å². The molecule has 1 aliphatic rings. The van der Waals surface area contributed by atoms with Crippen LogP contribution in [0.3, 0.4) is 0 Å². The smallest absolute Gasteiger partial charge is 0.338 e. The first-order valence-electron chi connectivity index (χ1n) is 13.1. The Kier molecular flexibility index (Phi) is 7.60. The Bertz CT molecular complexity index is 1950. The third-order valence-electron chi connectivity index (χ3n) is 7.39. The standard InChI is InChI=1S/C31H30N4O4S2/c1-8-39-30(37)26-18(4)33-31-35(27(26)21-9-11-23(38-7)12-10-21)28(36)25(41-31)14-22-13-16(2)34(19(22)5)29-24(15-32)17(3)20(6)40-29/h9-14,27H,8H2,1-7H3/b25-14+/t27-/m0/s1. The largest absolute Gasteiger partial charge is 0.497 e. The Hall–Kier alpha value is -4.20. The van der Waals surface area contributed by atoms with Gasteiger partial charge < -0.3 is 14.0 Å². The summed E-state index contributed by atoms with van der Waals surface area (Å²) >= 11 is 2.88. The van der Waals surface area contributed by atoms with E-state index in [1.165, 1.54) is 11.3 Å². The minimum atomic E-state index is -0.693. The number of esters is 1.